The molecule has 0 aromatic heterocycles. The summed E-state index contributed by atoms with van der Waals surface area (Å²) in [5.74, 6) is 0.654. The van der Waals surface area contributed by atoms with Crippen LogP contribution in [0.25, 0.3) is 0 Å². The first-order valence-electron chi connectivity index (χ1n) is 6.47. The monoisotopic (exact) mass is 258 g/mol. The molecule has 0 N–H and O–H groups in total. The number of likely N-dealkylation sites (tertiary alicyclic amines) is 1. The van der Waals surface area contributed by atoms with Crippen molar-refractivity contribution in [2.75, 3.05) is 33.4 Å². The molecule has 1 fully saturated rings. The Morgan fingerprint density at radius 1 is 1.47 bits per heavy atom. The van der Waals surface area contributed by atoms with E-state index in [1.807, 2.05) is 0 Å². The summed E-state index contributed by atoms with van der Waals surface area (Å²) in [7, 11) is 1.71. The topological polar surface area (TPSA) is 53.3 Å². The number of nitriles is 1. The van der Waals surface area contributed by atoms with E-state index in [0.717, 1.165) is 26.1 Å². The van der Waals surface area contributed by atoms with Crippen LogP contribution in [0.3, 0.4) is 0 Å². The Labute approximate surface area is 113 Å². The minimum Gasteiger partial charge on any atom is -0.384 e. The highest BCUT2D eigenvalue weighted by atomic mass is 16.5. The second-order valence-electron chi connectivity index (χ2n) is 4.96. The highest BCUT2D eigenvalue weighted by Gasteiger charge is 2.24. The van der Waals surface area contributed by atoms with E-state index in [1.54, 1.807) is 31.4 Å². The van der Waals surface area contributed by atoms with Gasteiger partial charge in [-0.3, -0.25) is 9.69 Å². The number of ketones is 1. The molecule has 1 aromatic carbocycles. The van der Waals surface area contributed by atoms with Gasteiger partial charge in [0.05, 0.1) is 24.8 Å². The summed E-state index contributed by atoms with van der Waals surface area (Å²) < 4.78 is 5.15. The predicted octanol–water partition coefficient (Wildman–Crippen LogP) is 1.71. The molecule has 0 amide bonds. The van der Waals surface area contributed by atoms with Crippen LogP contribution in [0.2, 0.25) is 0 Å². The first-order chi connectivity index (χ1) is 9.22. The van der Waals surface area contributed by atoms with E-state index in [4.69, 9.17) is 10.00 Å². The van der Waals surface area contributed by atoms with Crippen molar-refractivity contribution in [3.8, 4) is 6.07 Å². The first-order valence-corrected chi connectivity index (χ1v) is 6.47. The summed E-state index contributed by atoms with van der Waals surface area (Å²) in [4.78, 5) is 14.3. The fourth-order valence-electron chi connectivity index (χ4n) is 2.45. The molecule has 1 heterocycles. The number of Topliss-reactive ketones (excluding diaryl/α,β-unsaturated/α-hetero) is 1. The number of rotatable bonds is 5. The zero-order valence-electron chi connectivity index (χ0n) is 11.1. The molecule has 0 aliphatic carbocycles. The second-order valence-corrected chi connectivity index (χ2v) is 4.96. The van der Waals surface area contributed by atoms with Crippen LogP contribution in [0.15, 0.2) is 24.3 Å². The van der Waals surface area contributed by atoms with Crippen LogP contribution in [-0.2, 0) is 4.74 Å². The quantitative estimate of drug-likeness (QED) is 0.754. The summed E-state index contributed by atoms with van der Waals surface area (Å²) >= 11 is 0. The molecule has 100 valence electrons. The standard InChI is InChI=1S/C15H18N2O2/c1-19-11-13-6-7-17(9-13)10-15(18)14-4-2-12(8-16)3-5-14/h2-5,13H,6-7,9-11H2,1H3. The Morgan fingerprint density at radius 3 is 2.84 bits per heavy atom. The molecule has 1 unspecified atom stereocenters. The normalized spacial score (nSPS) is 19.3. The molecule has 1 aliphatic rings. The summed E-state index contributed by atoms with van der Waals surface area (Å²) in [5, 5.41) is 8.72. The Balaban J connectivity index is 1.89. The van der Waals surface area contributed by atoms with Gasteiger partial charge in [0, 0.05) is 19.2 Å². The fourth-order valence-corrected chi connectivity index (χ4v) is 2.45. The van der Waals surface area contributed by atoms with Gasteiger partial charge in [0.2, 0.25) is 0 Å². The molecule has 1 aliphatic heterocycles. The number of ether oxygens (including phenoxy) is 1. The van der Waals surface area contributed by atoms with E-state index in [9.17, 15) is 4.79 Å². The molecule has 19 heavy (non-hydrogen) atoms. The van der Waals surface area contributed by atoms with Crippen LogP contribution in [0, 0.1) is 17.2 Å². The maximum atomic E-state index is 12.1. The van der Waals surface area contributed by atoms with Crippen LogP contribution in [0.4, 0.5) is 0 Å². The largest absolute Gasteiger partial charge is 0.384 e. The van der Waals surface area contributed by atoms with E-state index in [2.05, 4.69) is 11.0 Å². The van der Waals surface area contributed by atoms with Gasteiger partial charge >= 0.3 is 0 Å². The Hall–Kier alpha value is -1.70. The average molecular weight is 258 g/mol. The highest BCUT2D eigenvalue weighted by molar-refractivity contribution is 5.97. The lowest BCUT2D eigenvalue weighted by Gasteiger charge is -2.14. The number of carbonyl (C=O) groups excluding carboxylic acids is 1. The maximum Gasteiger partial charge on any atom is 0.176 e. The number of benzene rings is 1. The van der Waals surface area contributed by atoms with Gasteiger partial charge in [0.1, 0.15) is 0 Å². The molecule has 2 rings (SSSR count). The van der Waals surface area contributed by atoms with Crippen LogP contribution >= 0.6 is 0 Å². The fraction of sp³-hybridized carbons (Fsp3) is 0.467. The number of carbonyl (C=O) groups is 1. The lowest BCUT2D eigenvalue weighted by atomic mass is 10.1. The molecular formula is C15H18N2O2. The SMILES string of the molecule is COCC1CCN(CC(=O)c2ccc(C#N)cc2)C1. The Kier molecular flexibility index (Phi) is 4.67. The van der Waals surface area contributed by atoms with Crippen molar-refractivity contribution in [3.63, 3.8) is 0 Å². The minimum absolute atomic E-state index is 0.113. The van der Waals surface area contributed by atoms with Crippen molar-refractivity contribution in [1.82, 2.24) is 4.90 Å². The van der Waals surface area contributed by atoms with E-state index in [-0.39, 0.29) is 5.78 Å². The molecule has 0 spiro atoms. The third kappa shape index (κ3) is 3.63. The van der Waals surface area contributed by atoms with Crippen molar-refractivity contribution < 1.29 is 9.53 Å². The van der Waals surface area contributed by atoms with Crippen LogP contribution in [0.5, 0.6) is 0 Å². The number of hydrogen-bond acceptors (Lipinski definition) is 4. The van der Waals surface area contributed by atoms with E-state index >= 15 is 0 Å². The molecule has 0 saturated carbocycles. The first kappa shape index (κ1) is 13.7. The lowest BCUT2D eigenvalue weighted by Crippen LogP contribution is -2.28. The van der Waals surface area contributed by atoms with Gasteiger partial charge in [-0.15, -0.1) is 0 Å². The summed E-state index contributed by atoms with van der Waals surface area (Å²) in [6.45, 7) is 3.10. The van der Waals surface area contributed by atoms with Gasteiger partial charge in [-0.25, -0.2) is 0 Å². The Bertz CT molecular complexity index is 476. The minimum atomic E-state index is 0.113. The molecule has 1 atom stereocenters. The van der Waals surface area contributed by atoms with Crippen molar-refractivity contribution >= 4 is 5.78 Å². The van der Waals surface area contributed by atoms with Gasteiger partial charge in [0.25, 0.3) is 0 Å². The van der Waals surface area contributed by atoms with Gasteiger partial charge in [-0.1, -0.05) is 12.1 Å². The van der Waals surface area contributed by atoms with Crippen molar-refractivity contribution in [3.05, 3.63) is 35.4 Å². The zero-order valence-corrected chi connectivity index (χ0v) is 11.1. The predicted molar refractivity (Wildman–Crippen MR) is 71.9 cm³/mol. The molecule has 1 saturated heterocycles. The van der Waals surface area contributed by atoms with Gasteiger partial charge in [-0.2, -0.15) is 5.26 Å². The van der Waals surface area contributed by atoms with E-state index in [0.29, 0.717) is 23.6 Å². The van der Waals surface area contributed by atoms with Crippen molar-refractivity contribution in [2.24, 2.45) is 5.92 Å². The summed E-state index contributed by atoms with van der Waals surface area (Å²) in [5.41, 5.74) is 1.26. The zero-order chi connectivity index (χ0) is 13.7. The molecule has 4 heteroatoms. The van der Waals surface area contributed by atoms with Gasteiger partial charge < -0.3 is 4.74 Å². The van der Waals surface area contributed by atoms with Crippen LogP contribution in [0.1, 0.15) is 22.3 Å². The van der Waals surface area contributed by atoms with Gasteiger partial charge in [-0.05, 0) is 31.0 Å². The van der Waals surface area contributed by atoms with Crippen LogP contribution < -0.4 is 0 Å². The molecule has 4 nitrogen and oxygen atoms in total. The third-order valence-corrected chi connectivity index (χ3v) is 3.48. The molecule has 0 bridgehead atoms. The smallest absolute Gasteiger partial charge is 0.176 e. The molecule has 1 aromatic rings. The van der Waals surface area contributed by atoms with Gasteiger partial charge in [0.15, 0.2) is 5.78 Å². The third-order valence-electron chi connectivity index (χ3n) is 3.48. The summed E-state index contributed by atoms with van der Waals surface area (Å²) in [6.07, 6.45) is 1.09. The number of hydrogen-bond donors (Lipinski definition) is 0. The lowest BCUT2D eigenvalue weighted by molar-refractivity contribution is 0.0937. The number of nitrogens with zero attached hydrogens (tertiary/aromatic N) is 2. The second kappa shape index (κ2) is 6.46. The Morgan fingerprint density at radius 2 is 2.21 bits per heavy atom. The average Bonchev–Trinajstić information content (AvgIpc) is 2.86. The van der Waals surface area contributed by atoms with Crippen LogP contribution in [-0.4, -0.2) is 44.0 Å². The van der Waals surface area contributed by atoms with E-state index < -0.39 is 0 Å². The number of methoxy groups -OCH3 is 1. The van der Waals surface area contributed by atoms with Crippen molar-refractivity contribution in [2.45, 2.75) is 6.42 Å². The van der Waals surface area contributed by atoms with Crippen molar-refractivity contribution in [1.29, 1.82) is 5.26 Å². The highest BCUT2D eigenvalue weighted by Crippen LogP contribution is 2.16. The molecular weight excluding hydrogens is 240 g/mol. The maximum absolute atomic E-state index is 12.1. The van der Waals surface area contributed by atoms with E-state index in [1.165, 1.54) is 0 Å². The summed E-state index contributed by atoms with van der Waals surface area (Å²) in [6, 6.07) is 8.87. The molecule has 0 radical (unpaired) electrons.